The van der Waals surface area contributed by atoms with Gasteiger partial charge in [0.15, 0.2) is 5.13 Å². The SMILES string of the molecule is O=C(N[C@@H]1CCC[C@H]1Nc1nc2ccc(F)cc2s1)c1c(F)cccc1Cl. The van der Waals surface area contributed by atoms with Crippen molar-refractivity contribution >= 4 is 44.2 Å². The summed E-state index contributed by atoms with van der Waals surface area (Å²) in [5.41, 5.74) is 0.584. The maximum absolute atomic E-state index is 14.0. The van der Waals surface area contributed by atoms with Crippen LogP contribution in [0, 0.1) is 11.6 Å². The monoisotopic (exact) mass is 407 g/mol. The van der Waals surface area contributed by atoms with Gasteiger partial charge in [0, 0.05) is 12.1 Å². The summed E-state index contributed by atoms with van der Waals surface area (Å²) in [6.45, 7) is 0. The first-order chi connectivity index (χ1) is 13.0. The number of rotatable bonds is 4. The minimum atomic E-state index is -0.643. The summed E-state index contributed by atoms with van der Waals surface area (Å²) in [4.78, 5) is 17.0. The minimum Gasteiger partial charge on any atom is -0.357 e. The number of hydrogen-bond acceptors (Lipinski definition) is 4. The largest absolute Gasteiger partial charge is 0.357 e. The van der Waals surface area contributed by atoms with Crippen LogP contribution in [0.25, 0.3) is 10.2 Å². The summed E-state index contributed by atoms with van der Waals surface area (Å²) in [7, 11) is 0. The second-order valence-electron chi connectivity index (χ2n) is 6.49. The minimum absolute atomic E-state index is 0.0371. The van der Waals surface area contributed by atoms with Crippen LogP contribution in [0.5, 0.6) is 0 Å². The lowest BCUT2D eigenvalue weighted by Crippen LogP contribution is -2.43. The molecule has 140 valence electrons. The lowest BCUT2D eigenvalue weighted by Gasteiger charge is -2.22. The highest BCUT2D eigenvalue weighted by molar-refractivity contribution is 7.22. The smallest absolute Gasteiger partial charge is 0.256 e. The van der Waals surface area contributed by atoms with Gasteiger partial charge in [0.1, 0.15) is 11.6 Å². The van der Waals surface area contributed by atoms with E-state index >= 15 is 0 Å². The van der Waals surface area contributed by atoms with Crippen molar-refractivity contribution in [2.75, 3.05) is 5.32 Å². The van der Waals surface area contributed by atoms with E-state index in [1.807, 2.05) is 0 Å². The normalized spacial score (nSPS) is 19.4. The van der Waals surface area contributed by atoms with Crippen molar-refractivity contribution in [1.82, 2.24) is 10.3 Å². The Kier molecular flexibility index (Phi) is 4.97. The Bertz CT molecular complexity index is 990. The lowest BCUT2D eigenvalue weighted by atomic mass is 10.1. The van der Waals surface area contributed by atoms with E-state index in [2.05, 4.69) is 15.6 Å². The number of thiazole rings is 1. The molecule has 2 N–H and O–H groups in total. The van der Waals surface area contributed by atoms with Gasteiger partial charge in [-0.25, -0.2) is 13.8 Å². The summed E-state index contributed by atoms with van der Waals surface area (Å²) < 4.78 is 28.1. The van der Waals surface area contributed by atoms with E-state index < -0.39 is 11.7 Å². The van der Waals surface area contributed by atoms with Crippen LogP contribution in [0.3, 0.4) is 0 Å². The predicted octanol–water partition coefficient (Wildman–Crippen LogP) is 4.99. The lowest BCUT2D eigenvalue weighted by molar-refractivity contribution is 0.0932. The van der Waals surface area contributed by atoms with E-state index in [1.54, 1.807) is 6.07 Å². The number of nitrogens with zero attached hydrogens (tertiary/aromatic N) is 1. The molecule has 2 aromatic carbocycles. The van der Waals surface area contributed by atoms with Crippen LogP contribution in [0.15, 0.2) is 36.4 Å². The molecule has 0 aliphatic heterocycles. The summed E-state index contributed by atoms with van der Waals surface area (Å²) in [6, 6.07) is 8.43. The molecule has 1 aromatic heterocycles. The molecule has 4 rings (SSSR count). The van der Waals surface area contributed by atoms with Gasteiger partial charge in [0.2, 0.25) is 0 Å². The van der Waals surface area contributed by atoms with Crippen LogP contribution in [-0.2, 0) is 0 Å². The fraction of sp³-hybridized carbons (Fsp3) is 0.263. The van der Waals surface area contributed by atoms with E-state index in [0.717, 1.165) is 29.5 Å². The number of amides is 1. The molecular formula is C19H16ClF2N3OS. The van der Waals surface area contributed by atoms with Gasteiger partial charge in [-0.2, -0.15) is 0 Å². The zero-order valence-corrected chi connectivity index (χ0v) is 15.7. The molecule has 0 spiro atoms. The van der Waals surface area contributed by atoms with Crippen LogP contribution in [0.4, 0.5) is 13.9 Å². The first-order valence-corrected chi connectivity index (χ1v) is 9.78. The van der Waals surface area contributed by atoms with Gasteiger partial charge in [-0.3, -0.25) is 4.79 Å². The average Bonchev–Trinajstić information content (AvgIpc) is 3.21. The molecule has 2 atom stereocenters. The molecule has 1 aliphatic rings. The number of carbonyl (C=O) groups excluding carboxylic acids is 1. The molecule has 1 amide bonds. The van der Waals surface area contributed by atoms with E-state index in [4.69, 9.17) is 11.6 Å². The number of hydrogen-bond donors (Lipinski definition) is 2. The third-order valence-corrected chi connectivity index (χ3v) is 5.95. The van der Waals surface area contributed by atoms with Crippen molar-refractivity contribution in [1.29, 1.82) is 0 Å². The van der Waals surface area contributed by atoms with Gasteiger partial charge in [-0.1, -0.05) is 29.0 Å². The Morgan fingerprint density at radius 1 is 1.19 bits per heavy atom. The van der Waals surface area contributed by atoms with Crippen molar-refractivity contribution in [2.45, 2.75) is 31.3 Å². The zero-order chi connectivity index (χ0) is 19.0. The molecule has 1 heterocycles. The highest BCUT2D eigenvalue weighted by Crippen LogP contribution is 2.30. The average molecular weight is 408 g/mol. The van der Waals surface area contributed by atoms with Crippen molar-refractivity contribution in [3.8, 4) is 0 Å². The molecule has 0 unspecified atom stereocenters. The first kappa shape index (κ1) is 18.1. The number of benzene rings is 2. The van der Waals surface area contributed by atoms with Crippen molar-refractivity contribution in [3.05, 3.63) is 58.6 Å². The van der Waals surface area contributed by atoms with Crippen molar-refractivity contribution < 1.29 is 13.6 Å². The van der Waals surface area contributed by atoms with E-state index in [1.165, 1.54) is 41.7 Å². The summed E-state index contributed by atoms with van der Waals surface area (Å²) >= 11 is 7.34. The Hall–Kier alpha value is -2.25. The van der Waals surface area contributed by atoms with Gasteiger partial charge in [-0.05, 0) is 49.6 Å². The Labute approximate surface area is 163 Å². The Balaban J connectivity index is 1.49. The Morgan fingerprint density at radius 2 is 2.00 bits per heavy atom. The number of halogens is 3. The maximum atomic E-state index is 14.0. The molecule has 1 saturated carbocycles. The second kappa shape index (κ2) is 7.40. The van der Waals surface area contributed by atoms with Gasteiger partial charge < -0.3 is 10.6 Å². The molecule has 0 saturated heterocycles. The third kappa shape index (κ3) is 3.75. The van der Waals surface area contributed by atoms with Crippen molar-refractivity contribution in [3.63, 3.8) is 0 Å². The number of anilines is 1. The van der Waals surface area contributed by atoms with Gasteiger partial charge >= 0.3 is 0 Å². The second-order valence-corrected chi connectivity index (χ2v) is 7.93. The zero-order valence-electron chi connectivity index (χ0n) is 14.1. The van der Waals surface area contributed by atoms with Crippen LogP contribution in [-0.4, -0.2) is 23.0 Å². The fourth-order valence-corrected chi connectivity index (χ4v) is 4.58. The van der Waals surface area contributed by atoms with Crippen LogP contribution >= 0.6 is 22.9 Å². The van der Waals surface area contributed by atoms with Gasteiger partial charge in [0.05, 0.1) is 20.8 Å². The number of fused-ring (bicyclic) bond motifs is 1. The first-order valence-electron chi connectivity index (χ1n) is 8.59. The highest BCUT2D eigenvalue weighted by Gasteiger charge is 2.30. The van der Waals surface area contributed by atoms with Crippen LogP contribution < -0.4 is 10.6 Å². The van der Waals surface area contributed by atoms with E-state index in [0.29, 0.717) is 5.13 Å². The number of aromatic nitrogens is 1. The number of nitrogens with one attached hydrogen (secondary N) is 2. The topological polar surface area (TPSA) is 54.0 Å². The molecule has 0 radical (unpaired) electrons. The third-order valence-electron chi connectivity index (χ3n) is 4.68. The molecule has 4 nitrogen and oxygen atoms in total. The molecular weight excluding hydrogens is 392 g/mol. The molecule has 27 heavy (non-hydrogen) atoms. The molecule has 1 fully saturated rings. The van der Waals surface area contributed by atoms with Crippen LogP contribution in [0.2, 0.25) is 5.02 Å². The molecule has 1 aliphatic carbocycles. The van der Waals surface area contributed by atoms with Crippen molar-refractivity contribution in [2.24, 2.45) is 0 Å². The molecule has 3 aromatic rings. The Morgan fingerprint density at radius 3 is 2.81 bits per heavy atom. The number of carbonyl (C=O) groups is 1. The maximum Gasteiger partial charge on any atom is 0.256 e. The fourth-order valence-electron chi connectivity index (χ4n) is 3.38. The summed E-state index contributed by atoms with van der Waals surface area (Å²) in [5, 5.41) is 6.97. The standard InChI is InChI=1S/C19H16ClF2N3OS/c20-11-3-1-4-12(22)17(11)18(26)23-13-5-2-6-14(13)24-19-25-15-8-7-10(21)9-16(15)27-19/h1,3-4,7-9,13-14H,2,5-6H2,(H,23,26)(H,24,25)/t13-,14-/m1/s1. The quantitative estimate of drug-likeness (QED) is 0.640. The molecule has 8 heteroatoms. The molecule has 0 bridgehead atoms. The van der Waals surface area contributed by atoms with E-state index in [-0.39, 0.29) is 28.5 Å². The van der Waals surface area contributed by atoms with Gasteiger partial charge in [0.25, 0.3) is 5.91 Å². The highest BCUT2D eigenvalue weighted by atomic mass is 35.5. The van der Waals surface area contributed by atoms with Crippen LogP contribution in [0.1, 0.15) is 29.6 Å². The summed E-state index contributed by atoms with van der Waals surface area (Å²) in [5.74, 6) is -1.47. The van der Waals surface area contributed by atoms with E-state index in [9.17, 15) is 13.6 Å². The summed E-state index contributed by atoms with van der Waals surface area (Å²) in [6.07, 6.45) is 2.54. The predicted molar refractivity (Wildman–Crippen MR) is 104 cm³/mol. The van der Waals surface area contributed by atoms with Gasteiger partial charge in [-0.15, -0.1) is 0 Å².